The van der Waals surface area contributed by atoms with E-state index in [9.17, 15) is 9.59 Å². The van der Waals surface area contributed by atoms with Crippen LogP contribution in [0, 0.1) is 11.3 Å². The highest BCUT2D eigenvalue weighted by Crippen LogP contribution is 2.11. The average molecular weight is 289 g/mol. The fourth-order valence-corrected chi connectivity index (χ4v) is 1.75. The quantitative estimate of drug-likeness (QED) is 0.815. The Balaban J connectivity index is 2.72. The summed E-state index contributed by atoms with van der Waals surface area (Å²) < 4.78 is 4.85. The van der Waals surface area contributed by atoms with Crippen LogP contribution in [-0.4, -0.2) is 36.6 Å². The summed E-state index contributed by atoms with van der Waals surface area (Å²) in [5.74, 6) is -0.438. The van der Waals surface area contributed by atoms with Crippen molar-refractivity contribution in [2.24, 2.45) is 0 Å². The van der Waals surface area contributed by atoms with Crippen LogP contribution in [0.3, 0.4) is 0 Å². The van der Waals surface area contributed by atoms with Crippen LogP contribution in [-0.2, 0) is 9.53 Å². The van der Waals surface area contributed by atoms with Gasteiger partial charge in [-0.05, 0) is 31.5 Å². The van der Waals surface area contributed by atoms with Gasteiger partial charge < -0.3 is 15.0 Å². The number of rotatable bonds is 6. The van der Waals surface area contributed by atoms with Crippen LogP contribution in [0.25, 0.3) is 0 Å². The Hall–Kier alpha value is -2.55. The first-order chi connectivity index (χ1) is 10.1. The molecule has 0 saturated heterocycles. The van der Waals surface area contributed by atoms with Crippen molar-refractivity contribution in [1.29, 1.82) is 5.26 Å². The zero-order chi connectivity index (χ0) is 15.7. The molecule has 0 saturated carbocycles. The maximum atomic E-state index is 12.2. The monoisotopic (exact) mass is 289 g/mol. The molecule has 21 heavy (non-hydrogen) atoms. The molecule has 0 aliphatic carbocycles. The van der Waals surface area contributed by atoms with Gasteiger partial charge >= 0.3 is 12.0 Å². The van der Waals surface area contributed by atoms with Gasteiger partial charge in [-0.15, -0.1) is 0 Å². The Kier molecular flexibility index (Phi) is 6.75. The molecule has 0 unspecified atom stereocenters. The van der Waals surface area contributed by atoms with Gasteiger partial charge in [0.15, 0.2) is 0 Å². The van der Waals surface area contributed by atoms with Crippen molar-refractivity contribution in [3.05, 3.63) is 29.8 Å². The van der Waals surface area contributed by atoms with Crippen molar-refractivity contribution in [2.75, 3.05) is 25.0 Å². The number of nitrogens with zero attached hydrogens (tertiary/aromatic N) is 2. The maximum Gasteiger partial charge on any atom is 0.325 e. The Morgan fingerprint density at radius 1 is 1.38 bits per heavy atom. The van der Waals surface area contributed by atoms with E-state index in [0.717, 1.165) is 6.42 Å². The van der Waals surface area contributed by atoms with E-state index in [1.165, 1.54) is 4.90 Å². The fraction of sp³-hybridized carbons (Fsp3) is 0.400. The molecule has 0 fully saturated rings. The van der Waals surface area contributed by atoms with Gasteiger partial charge in [-0.3, -0.25) is 4.79 Å². The van der Waals surface area contributed by atoms with E-state index < -0.39 is 5.97 Å². The van der Waals surface area contributed by atoms with Gasteiger partial charge in [-0.2, -0.15) is 5.26 Å². The summed E-state index contributed by atoms with van der Waals surface area (Å²) >= 11 is 0. The predicted molar refractivity (Wildman–Crippen MR) is 78.7 cm³/mol. The summed E-state index contributed by atoms with van der Waals surface area (Å²) in [6.45, 7) is 4.27. The molecule has 1 N–H and O–H groups in total. The molecule has 0 aliphatic heterocycles. The van der Waals surface area contributed by atoms with E-state index in [1.807, 2.05) is 13.0 Å². The Morgan fingerprint density at radius 3 is 2.76 bits per heavy atom. The molecular weight excluding hydrogens is 270 g/mol. The number of hydrogen-bond acceptors (Lipinski definition) is 4. The SMILES string of the molecule is CCCN(CC(=O)OCC)C(=O)Nc1cccc(C#N)c1. The number of urea groups is 1. The van der Waals surface area contributed by atoms with Crippen molar-refractivity contribution in [3.63, 3.8) is 0 Å². The molecule has 1 rings (SSSR count). The van der Waals surface area contributed by atoms with Crippen LogP contribution in [0.4, 0.5) is 10.5 Å². The van der Waals surface area contributed by atoms with Gasteiger partial charge in [0.1, 0.15) is 6.54 Å². The van der Waals surface area contributed by atoms with Crippen molar-refractivity contribution >= 4 is 17.7 Å². The normalized spacial score (nSPS) is 9.57. The molecular formula is C15H19N3O3. The second-order valence-electron chi connectivity index (χ2n) is 4.35. The number of carbonyl (C=O) groups is 2. The van der Waals surface area contributed by atoms with Gasteiger partial charge in [0.2, 0.25) is 0 Å². The van der Waals surface area contributed by atoms with Gasteiger partial charge in [0.25, 0.3) is 0 Å². The number of benzene rings is 1. The number of anilines is 1. The van der Waals surface area contributed by atoms with E-state index in [1.54, 1.807) is 31.2 Å². The minimum absolute atomic E-state index is 0.0918. The Morgan fingerprint density at radius 2 is 2.14 bits per heavy atom. The Labute approximate surface area is 124 Å². The molecule has 0 aromatic heterocycles. The van der Waals surface area contributed by atoms with E-state index in [4.69, 9.17) is 10.00 Å². The minimum Gasteiger partial charge on any atom is -0.465 e. The predicted octanol–water partition coefficient (Wildman–Crippen LogP) is 2.37. The molecule has 112 valence electrons. The standard InChI is InChI=1S/C15H19N3O3/c1-3-8-18(11-14(19)21-4-2)15(20)17-13-7-5-6-12(9-13)10-16/h5-7,9H,3-4,8,11H2,1-2H3,(H,17,20). The summed E-state index contributed by atoms with van der Waals surface area (Å²) in [5, 5.41) is 11.5. The summed E-state index contributed by atoms with van der Waals surface area (Å²) in [7, 11) is 0. The smallest absolute Gasteiger partial charge is 0.325 e. The van der Waals surface area contributed by atoms with Gasteiger partial charge in [0.05, 0.1) is 18.2 Å². The molecule has 0 bridgehead atoms. The number of hydrogen-bond donors (Lipinski definition) is 1. The van der Waals surface area contributed by atoms with Crippen LogP contribution < -0.4 is 5.32 Å². The molecule has 6 nitrogen and oxygen atoms in total. The number of esters is 1. The number of amides is 2. The molecule has 1 aromatic rings. The van der Waals surface area contributed by atoms with Crippen molar-refractivity contribution < 1.29 is 14.3 Å². The van der Waals surface area contributed by atoms with Crippen molar-refractivity contribution in [1.82, 2.24) is 4.90 Å². The Bertz CT molecular complexity index is 537. The highest BCUT2D eigenvalue weighted by molar-refractivity contribution is 5.91. The molecule has 0 aliphatic rings. The lowest BCUT2D eigenvalue weighted by atomic mass is 10.2. The number of nitrogens with one attached hydrogen (secondary N) is 1. The van der Waals surface area contributed by atoms with Crippen molar-refractivity contribution in [3.8, 4) is 6.07 Å². The first kappa shape index (κ1) is 16.5. The second kappa shape index (κ2) is 8.59. The van der Waals surface area contributed by atoms with Crippen LogP contribution in [0.1, 0.15) is 25.8 Å². The summed E-state index contributed by atoms with van der Waals surface area (Å²) in [4.78, 5) is 25.1. The third-order valence-corrected chi connectivity index (χ3v) is 2.65. The first-order valence-corrected chi connectivity index (χ1v) is 6.82. The minimum atomic E-state index is -0.438. The highest BCUT2D eigenvalue weighted by atomic mass is 16.5. The van der Waals surface area contributed by atoms with Crippen LogP contribution >= 0.6 is 0 Å². The van der Waals surface area contributed by atoms with Gasteiger partial charge in [-0.25, -0.2) is 4.79 Å². The van der Waals surface area contributed by atoms with Crippen molar-refractivity contribution in [2.45, 2.75) is 20.3 Å². The van der Waals surface area contributed by atoms with E-state index in [0.29, 0.717) is 17.8 Å². The molecule has 1 aromatic carbocycles. The number of ether oxygens (including phenoxy) is 1. The summed E-state index contributed by atoms with van der Waals surface area (Å²) in [5.41, 5.74) is 0.976. The molecule has 0 atom stereocenters. The maximum absolute atomic E-state index is 12.2. The molecule has 0 radical (unpaired) electrons. The van der Waals surface area contributed by atoms with Crippen LogP contribution in [0.5, 0.6) is 0 Å². The molecule has 6 heteroatoms. The lowest BCUT2D eigenvalue weighted by Crippen LogP contribution is -2.39. The zero-order valence-electron chi connectivity index (χ0n) is 12.3. The van der Waals surface area contributed by atoms with E-state index >= 15 is 0 Å². The summed E-state index contributed by atoms with van der Waals surface area (Å²) in [6.07, 6.45) is 0.727. The molecule has 0 heterocycles. The zero-order valence-corrected chi connectivity index (χ0v) is 12.3. The average Bonchev–Trinajstić information content (AvgIpc) is 2.47. The number of nitriles is 1. The molecule has 2 amide bonds. The lowest BCUT2D eigenvalue weighted by molar-refractivity contribution is -0.143. The van der Waals surface area contributed by atoms with E-state index in [-0.39, 0.29) is 19.2 Å². The summed E-state index contributed by atoms with van der Waals surface area (Å²) in [6, 6.07) is 8.21. The highest BCUT2D eigenvalue weighted by Gasteiger charge is 2.17. The van der Waals surface area contributed by atoms with E-state index in [2.05, 4.69) is 5.32 Å². The van der Waals surface area contributed by atoms with Crippen LogP contribution in [0.2, 0.25) is 0 Å². The lowest BCUT2D eigenvalue weighted by Gasteiger charge is -2.21. The second-order valence-corrected chi connectivity index (χ2v) is 4.35. The molecule has 0 spiro atoms. The van der Waals surface area contributed by atoms with Gasteiger partial charge in [-0.1, -0.05) is 13.0 Å². The topological polar surface area (TPSA) is 82.4 Å². The third kappa shape index (κ3) is 5.53. The first-order valence-electron chi connectivity index (χ1n) is 6.82. The third-order valence-electron chi connectivity index (χ3n) is 2.65. The number of carbonyl (C=O) groups excluding carboxylic acids is 2. The van der Waals surface area contributed by atoms with Crippen LogP contribution in [0.15, 0.2) is 24.3 Å². The fourth-order valence-electron chi connectivity index (χ4n) is 1.75. The van der Waals surface area contributed by atoms with Gasteiger partial charge in [0, 0.05) is 12.2 Å². The largest absolute Gasteiger partial charge is 0.465 e.